The molecule has 0 radical (unpaired) electrons. The summed E-state index contributed by atoms with van der Waals surface area (Å²) in [7, 11) is -3.05. The first-order valence-electron chi connectivity index (χ1n) is 11.3. The van der Waals surface area contributed by atoms with Crippen molar-refractivity contribution < 1.29 is 23.1 Å². The number of nitrogens with two attached hydrogens (primary N) is 1. The van der Waals surface area contributed by atoms with Crippen LogP contribution in [0.3, 0.4) is 0 Å². The van der Waals surface area contributed by atoms with Crippen LogP contribution in [0.15, 0.2) is 77.7 Å². The predicted molar refractivity (Wildman–Crippen MR) is 131 cm³/mol. The van der Waals surface area contributed by atoms with Gasteiger partial charge in [-0.1, -0.05) is 81.4 Å². The van der Waals surface area contributed by atoms with E-state index in [0.717, 1.165) is 16.6 Å². The second-order valence-corrected chi connectivity index (χ2v) is 14.0. The normalized spacial score (nSPS) is 22.3. The number of alkyl halides is 2. The SMILES string of the molecule is CC(C)(C)[Si](OCC1OC(n2ccc(N)nc2=O)C(F)(F)C1O)(c1ccccc1)c1ccccc1. The maximum Gasteiger partial charge on any atom is 0.351 e. The van der Waals surface area contributed by atoms with E-state index in [0.29, 0.717) is 4.57 Å². The Hall–Kier alpha value is -2.92. The molecule has 1 aromatic heterocycles. The Kier molecular flexibility index (Phi) is 6.67. The molecule has 0 saturated carbocycles. The average Bonchev–Trinajstić information content (AvgIpc) is 3.03. The molecule has 4 rings (SSSR count). The number of nitrogen functional groups attached to an aromatic ring is 1. The van der Waals surface area contributed by atoms with Gasteiger partial charge in [0.05, 0.1) is 6.61 Å². The van der Waals surface area contributed by atoms with Crippen molar-refractivity contribution in [1.82, 2.24) is 9.55 Å². The minimum Gasteiger partial charge on any atom is -0.405 e. The van der Waals surface area contributed by atoms with Crippen molar-refractivity contribution in [3.05, 3.63) is 83.4 Å². The van der Waals surface area contributed by atoms with E-state index < -0.39 is 38.4 Å². The molecule has 2 aromatic carbocycles. The van der Waals surface area contributed by atoms with Crippen LogP contribution in [0.1, 0.15) is 27.0 Å². The molecule has 0 amide bonds. The maximum atomic E-state index is 15.1. The molecular formula is C25H29F2N3O4Si. The third-order valence-electron chi connectivity index (χ3n) is 6.36. The van der Waals surface area contributed by atoms with Gasteiger partial charge in [0.15, 0.2) is 6.10 Å². The summed E-state index contributed by atoms with van der Waals surface area (Å²) >= 11 is 0. The number of hydrogen-bond donors (Lipinski definition) is 2. The van der Waals surface area contributed by atoms with E-state index in [1.165, 1.54) is 6.07 Å². The third-order valence-corrected chi connectivity index (χ3v) is 11.4. The fourth-order valence-corrected chi connectivity index (χ4v) is 9.25. The molecule has 7 nitrogen and oxygen atoms in total. The second-order valence-electron chi connectivity index (χ2n) is 9.66. The van der Waals surface area contributed by atoms with Gasteiger partial charge in [0.1, 0.15) is 11.9 Å². The Bertz CT molecular complexity index is 1180. The number of anilines is 1. The highest BCUT2D eigenvalue weighted by Crippen LogP contribution is 2.43. The molecule has 3 N–H and O–H groups in total. The van der Waals surface area contributed by atoms with Crippen molar-refractivity contribution in [3.8, 4) is 0 Å². The Labute approximate surface area is 203 Å². The van der Waals surface area contributed by atoms with E-state index in [2.05, 4.69) is 25.8 Å². The first-order valence-corrected chi connectivity index (χ1v) is 13.2. The minimum absolute atomic E-state index is 0.0975. The number of nitrogens with zero attached hydrogens (tertiary/aromatic N) is 2. The van der Waals surface area contributed by atoms with Gasteiger partial charge in [-0.25, -0.2) is 4.79 Å². The van der Waals surface area contributed by atoms with E-state index in [4.69, 9.17) is 14.9 Å². The number of halogens is 2. The Balaban J connectivity index is 1.71. The lowest BCUT2D eigenvalue weighted by Crippen LogP contribution is -2.67. The van der Waals surface area contributed by atoms with Gasteiger partial charge in [-0.15, -0.1) is 0 Å². The molecular weight excluding hydrogens is 472 g/mol. The first kappa shape index (κ1) is 25.2. The van der Waals surface area contributed by atoms with Crippen LogP contribution in [0, 0.1) is 0 Å². The molecule has 0 spiro atoms. The van der Waals surface area contributed by atoms with E-state index in [1.807, 2.05) is 60.7 Å². The summed E-state index contributed by atoms with van der Waals surface area (Å²) in [6, 6.07) is 20.6. The molecule has 1 saturated heterocycles. The number of aliphatic hydroxyl groups is 1. The van der Waals surface area contributed by atoms with Crippen molar-refractivity contribution in [3.63, 3.8) is 0 Å². The lowest BCUT2D eigenvalue weighted by atomic mass is 10.1. The number of aliphatic hydroxyl groups excluding tert-OH is 1. The summed E-state index contributed by atoms with van der Waals surface area (Å²) in [5, 5.41) is 12.1. The van der Waals surface area contributed by atoms with E-state index in [-0.39, 0.29) is 17.5 Å². The van der Waals surface area contributed by atoms with E-state index >= 15 is 8.78 Å². The fraction of sp³-hybridized carbons (Fsp3) is 0.360. The summed E-state index contributed by atoms with van der Waals surface area (Å²) in [6.07, 6.45) is -4.51. The quantitative estimate of drug-likeness (QED) is 0.503. The van der Waals surface area contributed by atoms with Gasteiger partial charge in [-0.2, -0.15) is 13.8 Å². The highest BCUT2D eigenvalue weighted by molar-refractivity contribution is 6.99. The maximum absolute atomic E-state index is 15.1. The number of hydrogen-bond acceptors (Lipinski definition) is 6. The van der Waals surface area contributed by atoms with Crippen LogP contribution < -0.4 is 21.8 Å². The molecule has 0 bridgehead atoms. The summed E-state index contributed by atoms with van der Waals surface area (Å²) in [4.78, 5) is 15.7. The van der Waals surface area contributed by atoms with Crippen molar-refractivity contribution in [2.24, 2.45) is 0 Å². The van der Waals surface area contributed by atoms with Crippen LogP contribution in [0.4, 0.5) is 14.6 Å². The molecule has 3 aromatic rings. The van der Waals surface area contributed by atoms with Crippen LogP contribution in [-0.4, -0.2) is 47.7 Å². The molecule has 1 aliphatic rings. The fourth-order valence-electron chi connectivity index (χ4n) is 4.68. The lowest BCUT2D eigenvalue weighted by Gasteiger charge is -2.43. The van der Waals surface area contributed by atoms with E-state index in [9.17, 15) is 9.90 Å². The van der Waals surface area contributed by atoms with Gasteiger partial charge in [0, 0.05) is 6.20 Å². The molecule has 1 fully saturated rings. The highest BCUT2D eigenvalue weighted by atomic mass is 28.4. The van der Waals surface area contributed by atoms with E-state index in [1.54, 1.807) is 0 Å². The standard InChI is InChI=1S/C25H29F2N3O4Si/c1-24(2,3)35(17-10-6-4-7-11-17,18-12-8-5-9-13-18)33-16-19-21(31)25(26,27)22(34-19)30-15-14-20(28)29-23(30)32/h4-15,19,21-22,31H,16H2,1-3H3,(H2,28,29,32). The number of ether oxygens (including phenoxy) is 1. The lowest BCUT2D eigenvalue weighted by molar-refractivity contribution is -0.140. The van der Waals surface area contributed by atoms with Crippen molar-refractivity contribution in [2.45, 2.75) is 50.2 Å². The van der Waals surface area contributed by atoms with Gasteiger partial charge in [0.2, 0.25) is 6.23 Å². The summed E-state index contributed by atoms with van der Waals surface area (Å²) in [6.45, 7) is 5.88. The van der Waals surface area contributed by atoms with Crippen molar-refractivity contribution >= 4 is 24.5 Å². The number of rotatable bonds is 6. The topological polar surface area (TPSA) is 99.6 Å². The zero-order chi connectivity index (χ0) is 25.4. The van der Waals surface area contributed by atoms with Crippen molar-refractivity contribution in [2.75, 3.05) is 12.3 Å². The molecule has 2 heterocycles. The second kappa shape index (κ2) is 9.27. The number of benzene rings is 2. The summed E-state index contributed by atoms with van der Waals surface area (Å²) < 4.78 is 43.0. The van der Waals surface area contributed by atoms with Gasteiger partial charge in [-0.3, -0.25) is 4.57 Å². The van der Waals surface area contributed by atoms with Crippen LogP contribution in [-0.2, 0) is 9.16 Å². The summed E-state index contributed by atoms with van der Waals surface area (Å²) in [5.74, 6) is -3.85. The molecule has 3 unspecified atom stereocenters. The molecule has 0 aliphatic carbocycles. The molecule has 3 atom stereocenters. The molecule has 1 aliphatic heterocycles. The van der Waals surface area contributed by atoms with Gasteiger partial charge >= 0.3 is 11.6 Å². The molecule has 186 valence electrons. The van der Waals surface area contributed by atoms with Gasteiger partial charge in [-0.05, 0) is 21.5 Å². The van der Waals surface area contributed by atoms with Crippen LogP contribution >= 0.6 is 0 Å². The number of aromatic nitrogens is 2. The summed E-state index contributed by atoms with van der Waals surface area (Å²) in [5.41, 5.74) is 4.49. The smallest absolute Gasteiger partial charge is 0.351 e. The van der Waals surface area contributed by atoms with Crippen LogP contribution in [0.5, 0.6) is 0 Å². The third kappa shape index (κ3) is 4.42. The zero-order valence-electron chi connectivity index (χ0n) is 19.8. The van der Waals surface area contributed by atoms with Gasteiger partial charge < -0.3 is 20.0 Å². The monoisotopic (exact) mass is 501 g/mol. The van der Waals surface area contributed by atoms with Crippen LogP contribution in [0.2, 0.25) is 5.04 Å². The Morgan fingerprint density at radius 1 is 1.09 bits per heavy atom. The zero-order valence-corrected chi connectivity index (χ0v) is 20.8. The highest BCUT2D eigenvalue weighted by Gasteiger charge is 2.60. The first-order chi connectivity index (χ1) is 16.5. The predicted octanol–water partition coefficient (Wildman–Crippen LogP) is 2.30. The van der Waals surface area contributed by atoms with Gasteiger partial charge in [0.25, 0.3) is 8.32 Å². The Morgan fingerprint density at radius 2 is 1.63 bits per heavy atom. The average molecular weight is 502 g/mol. The Morgan fingerprint density at radius 3 is 2.11 bits per heavy atom. The molecule has 10 heteroatoms. The minimum atomic E-state index is -3.75. The largest absolute Gasteiger partial charge is 0.405 e. The van der Waals surface area contributed by atoms with Crippen LogP contribution in [0.25, 0.3) is 0 Å². The van der Waals surface area contributed by atoms with Crippen molar-refractivity contribution in [1.29, 1.82) is 0 Å². The molecule has 35 heavy (non-hydrogen) atoms.